The van der Waals surface area contributed by atoms with Gasteiger partial charge in [-0.25, -0.2) is 0 Å². The highest BCUT2D eigenvalue weighted by atomic mass is 127. The highest BCUT2D eigenvalue weighted by Gasteiger charge is 2.26. The second-order valence-electron chi connectivity index (χ2n) is 7.77. The Bertz CT molecular complexity index is 687. The summed E-state index contributed by atoms with van der Waals surface area (Å²) >= 11 is 0. The van der Waals surface area contributed by atoms with Crippen LogP contribution in [0.2, 0.25) is 0 Å². The van der Waals surface area contributed by atoms with E-state index < -0.39 is 10.8 Å². The van der Waals surface area contributed by atoms with Crippen LogP contribution in [-0.4, -0.2) is 66.4 Å². The Hall–Kier alpha value is -0.870. The number of rotatable bonds is 9. The molecule has 0 radical (unpaired) electrons. The molecule has 1 fully saturated rings. The van der Waals surface area contributed by atoms with Crippen molar-refractivity contribution in [3.63, 3.8) is 0 Å². The van der Waals surface area contributed by atoms with E-state index in [1.54, 1.807) is 7.11 Å². The van der Waals surface area contributed by atoms with Crippen LogP contribution < -0.4 is 15.4 Å². The number of guanidine groups is 1. The van der Waals surface area contributed by atoms with E-state index in [1.807, 2.05) is 19.1 Å². The molecule has 1 aromatic rings. The molecule has 0 bridgehead atoms. The van der Waals surface area contributed by atoms with Crippen molar-refractivity contribution in [2.75, 3.05) is 40.0 Å². The molecule has 0 aromatic heterocycles. The summed E-state index contributed by atoms with van der Waals surface area (Å²) in [5, 5.41) is 7.28. The lowest BCUT2D eigenvalue weighted by atomic mass is 9.95. The fourth-order valence-corrected chi connectivity index (χ4v) is 5.21. The molecule has 8 heteroatoms. The molecule has 0 heterocycles. The van der Waals surface area contributed by atoms with Crippen LogP contribution in [0.5, 0.6) is 5.75 Å². The zero-order valence-corrected chi connectivity index (χ0v) is 22.2. The second-order valence-corrected chi connectivity index (χ2v) is 9.78. The molecule has 6 nitrogen and oxygen atoms in total. The van der Waals surface area contributed by atoms with Gasteiger partial charge in [-0.1, -0.05) is 25.5 Å². The van der Waals surface area contributed by atoms with Gasteiger partial charge in [-0.3, -0.25) is 9.20 Å². The van der Waals surface area contributed by atoms with Gasteiger partial charge < -0.3 is 20.3 Å². The maximum Gasteiger partial charge on any atom is 0.191 e. The fraction of sp³-hybridized carbons (Fsp3) is 0.682. The number of likely N-dealkylation sites (N-methyl/N-ethyl adjacent to an activating group) is 1. The molecule has 2 rings (SSSR count). The minimum Gasteiger partial charge on any atom is -0.497 e. The molecule has 4 unspecified atom stereocenters. The smallest absolute Gasteiger partial charge is 0.191 e. The van der Waals surface area contributed by atoms with Gasteiger partial charge in [0.05, 0.1) is 19.7 Å². The lowest BCUT2D eigenvalue weighted by Gasteiger charge is -2.30. The van der Waals surface area contributed by atoms with E-state index in [9.17, 15) is 4.21 Å². The van der Waals surface area contributed by atoms with E-state index in [0.717, 1.165) is 49.7 Å². The van der Waals surface area contributed by atoms with Gasteiger partial charge in [0.2, 0.25) is 0 Å². The summed E-state index contributed by atoms with van der Waals surface area (Å²) in [6.45, 7) is 5.55. The minimum absolute atomic E-state index is 0. The lowest BCUT2D eigenvalue weighted by Crippen LogP contribution is -2.47. The normalized spacial score (nSPS) is 21.5. The first-order valence-electron chi connectivity index (χ1n) is 10.7. The number of aliphatic imine (C=N–C) groups is 1. The van der Waals surface area contributed by atoms with Gasteiger partial charge in [0.1, 0.15) is 5.75 Å². The van der Waals surface area contributed by atoms with E-state index in [0.29, 0.717) is 17.8 Å². The summed E-state index contributed by atoms with van der Waals surface area (Å²) in [7, 11) is 5.13. The minimum atomic E-state index is -0.717. The summed E-state index contributed by atoms with van der Waals surface area (Å²) in [6.07, 6.45) is 4.26. The first kappa shape index (κ1) is 27.2. The van der Waals surface area contributed by atoms with Crippen molar-refractivity contribution in [2.24, 2.45) is 4.99 Å². The van der Waals surface area contributed by atoms with Crippen molar-refractivity contribution >= 4 is 40.7 Å². The van der Waals surface area contributed by atoms with Gasteiger partial charge in [-0.2, -0.15) is 0 Å². The third kappa shape index (κ3) is 8.34. The fourth-order valence-electron chi connectivity index (χ4n) is 3.86. The molecule has 4 atom stereocenters. The van der Waals surface area contributed by atoms with Crippen molar-refractivity contribution in [1.29, 1.82) is 0 Å². The van der Waals surface area contributed by atoms with Crippen molar-refractivity contribution in [2.45, 2.75) is 56.9 Å². The largest absolute Gasteiger partial charge is 0.497 e. The first-order chi connectivity index (χ1) is 14.0. The number of halogens is 1. The van der Waals surface area contributed by atoms with Crippen LogP contribution in [0.4, 0.5) is 0 Å². The summed E-state index contributed by atoms with van der Waals surface area (Å²) in [5.74, 6) is 2.45. The monoisotopic (exact) mass is 550 g/mol. The van der Waals surface area contributed by atoms with Gasteiger partial charge >= 0.3 is 0 Å². The highest BCUT2D eigenvalue weighted by Crippen LogP contribution is 2.24. The number of ether oxygens (including phenoxy) is 1. The molecule has 1 aliphatic carbocycles. The molecule has 172 valence electrons. The van der Waals surface area contributed by atoms with Crippen LogP contribution in [0.1, 0.15) is 51.1 Å². The Morgan fingerprint density at radius 3 is 2.73 bits per heavy atom. The van der Waals surface area contributed by atoms with E-state index in [4.69, 9.17) is 9.73 Å². The quantitative estimate of drug-likeness (QED) is 0.280. The topological polar surface area (TPSA) is 66.0 Å². The Kier molecular flexibility index (Phi) is 12.9. The molecule has 30 heavy (non-hydrogen) atoms. The Balaban J connectivity index is 0.00000450. The number of methoxy groups -OCH3 is 1. The van der Waals surface area contributed by atoms with E-state index in [2.05, 4.69) is 48.7 Å². The molecular formula is C22H39IN4O2S. The average Bonchev–Trinajstić information content (AvgIpc) is 2.73. The third-order valence-corrected chi connectivity index (χ3v) is 7.23. The summed E-state index contributed by atoms with van der Waals surface area (Å²) < 4.78 is 17.6. The Morgan fingerprint density at radius 1 is 1.33 bits per heavy atom. The zero-order chi connectivity index (χ0) is 21.2. The molecular weight excluding hydrogens is 511 g/mol. The molecule has 0 saturated heterocycles. The molecule has 2 N–H and O–H groups in total. The number of nitrogens with one attached hydrogen (secondary N) is 2. The SMILES string of the molecule is CCNC(=NCC(c1cccc(OC)c1)N(C)C)NC1CCCC(S(=O)CC)C1.I. The summed E-state index contributed by atoms with van der Waals surface area (Å²) in [5.41, 5.74) is 1.19. The van der Waals surface area contributed by atoms with E-state index >= 15 is 0 Å². The third-order valence-electron chi connectivity index (χ3n) is 5.49. The number of hydrogen-bond donors (Lipinski definition) is 2. The lowest BCUT2D eigenvalue weighted by molar-refractivity contribution is 0.304. The van der Waals surface area contributed by atoms with Gasteiger partial charge in [0, 0.05) is 34.4 Å². The zero-order valence-electron chi connectivity index (χ0n) is 19.0. The maximum atomic E-state index is 12.2. The van der Waals surface area contributed by atoms with Crippen LogP contribution in [0.3, 0.4) is 0 Å². The van der Waals surface area contributed by atoms with Crippen LogP contribution in [0.15, 0.2) is 29.3 Å². The standard InChI is InChI=1S/C22H38N4O2S.HI/c1-6-23-22(25-18-11-9-13-20(15-18)29(27)7-2)24-16-21(26(3)4)17-10-8-12-19(14-17)28-5;/h8,10,12,14,18,20-21H,6-7,9,11,13,15-16H2,1-5H3,(H2,23,24,25);1H. The van der Waals surface area contributed by atoms with Crippen molar-refractivity contribution in [3.8, 4) is 5.75 Å². The molecule has 0 spiro atoms. The predicted molar refractivity (Wildman–Crippen MR) is 139 cm³/mol. The average molecular weight is 551 g/mol. The molecule has 0 amide bonds. The van der Waals surface area contributed by atoms with Crippen molar-refractivity contribution in [1.82, 2.24) is 15.5 Å². The highest BCUT2D eigenvalue weighted by molar-refractivity contribution is 14.0. The number of benzene rings is 1. The first-order valence-corrected chi connectivity index (χ1v) is 12.1. The summed E-state index contributed by atoms with van der Waals surface area (Å²) in [6, 6.07) is 8.67. The molecule has 1 aliphatic rings. The van der Waals surface area contributed by atoms with Crippen LogP contribution in [-0.2, 0) is 10.8 Å². The molecule has 1 aromatic carbocycles. The Morgan fingerprint density at radius 2 is 2.10 bits per heavy atom. The van der Waals surface area contributed by atoms with Gasteiger partial charge in [-0.05, 0) is 58.0 Å². The number of nitrogens with zero attached hydrogens (tertiary/aromatic N) is 2. The van der Waals surface area contributed by atoms with E-state index in [1.165, 1.54) is 5.56 Å². The van der Waals surface area contributed by atoms with E-state index in [-0.39, 0.29) is 30.0 Å². The molecule has 1 saturated carbocycles. The van der Waals surface area contributed by atoms with Gasteiger partial charge in [0.15, 0.2) is 5.96 Å². The Labute approximate surface area is 202 Å². The number of hydrogen-bond acceptors (Lipinski definition) is 4. The summed E-state index contributed by atoms with van der Waals surface area (Å²) in [4.78, 5) is 7.07. The maximum absolute atomic E-state index is 12.2. The van der Waals surface area contributed by atoms with Gasteiger partial charge in [-0.15, -0.1) is 24.0 Å². The molecule has 0 aliphatic heterocycles. The second kappa shape index (κ2) is 14.2. The predicted octanol–water partition coefficient (Wildman–Crippen LogP) is 3.55. The van der Waals surface area contributed by atoms with Crippen LogP contribution >= 0.6 is 24.0 Å². The van der Waals surface area contributed by atoms with Crippen LogP contribution in [0.25, 0.3) is 0 Å². The van der Waals surface area contributed by atoms with Crippen LogP contribution in [0, 0.1) is 0 Å². The van der Waals surface area contributed by atoms with Crippen molar-refractivity contribution < 1.29 is 8.95 Å². The van der Waals surface area contributed by atoms with Gasteiger partial charge in [0.25, 0.3) is 0 Å². The van der Waals surface area contributed by atoms with Crippen molar-refractivity contribution in [3.05, 3.63) is 29.8 Å².